The highest BCUT2D eigenvalue weighted by Gasteiger charge is 2.19. The second-order valence-electron chi connectivity index (χ2n) is 8.02. The van der Waals surface area contributed by atoms with Gasteiger partial charge in [-0.15, -0.1) is 11.3 Å². The SMILES string of the molecule is CCN(CC)C(C)CNc1nc(CN2CCOCC2)nc2scc(-c3ccccc3)c12. The van der Waals surface area contributed by atoms with Crippen molar-refractivity contribution >= 4 is 27.4 Å². The Morgan fingerprint density at radius 3 is 2.58 bits per heavy atom. The fourth-order valence-corrected chi connectivity index (χ4v) is 5.16. The summed E-state index contributed by atoms with van der Waals surface area (Å²) < 4.78 is 5.49. The molecular weight excluding hydrogens is 406 g/mol. The number of hydrogen-bond acceptors (Lipinski definition) is 7. The number of nitrogens with one attached hydrogen (secondary N) is 1. The average molecular weight is 440 g/mol. The molecule has 2 aromatic heterocycles. The van der Waals surface area contributed by atoms with E-state index < -0.39 is 0 Å². The van der Waals surface area contributed by atoms with Crippen LogP contribution in [0.15, 0.2) is 35.7 Å². The topological polar surface area (TPSA) is 53.5 Å². The molecule has 1 aliphatic rings. The van der Waals surface area contributed by atoms with Crippen LogP contribution in [0, 0.1) is 0 Å². The molecule has 0 spiro atoms. The number of ether oxygens (including phenoxy) is 1. The van der Waals surface area contributed by atoms with E-state index in [-0.39, 0.29) is 0 Å². The zero-order valence-corrected chi connectivity index (χ0v) is 19.6. The average Bonchev–Trinajstić information content (AvgIpc) is 3.24. The van der Waals surface area contributed by atoms with E-state index in [0.29, 0.717) is 6.04 Å². The minimum atomic E-state index is 0.432. The number of rotatable bonds is 9. The van der Waals surface area contributed by atoms with E-state index in [2.05, 4.69) is 71.6 Å². The number of aromatic nitrogens is 2. The van der Waals surface area contributed by atoms with Crippen molar-refractivity contribution in [3.05, 3.63) is 41.5 Å². The van der Waals surface area contributed by atoms with Gasteiger partial charge in [0.15, 0.2) is 0 Å². The molecule has 1 N–H and O–H groups in total. The Balaban J connectivity index is 1.67. The van der Waals surface area contributed by atoms with Gasteiger partial charge >= 0.3 is 0 Å². The number of thiophene rings is 1. The quantitative estimate of drug-likeness (QED) is 0.536. The van der Waals surface area contributed by atoms with Gasteiger partial charge in [0.25, 0.3) is 0 Å². The van der Waals surface area contributed by atoms with Gasteiger partial charge in [0.2, 0.25) is 0 Å². The van der Waals surface area contributed by atoms with Gasteiger partial charge in [-0.3, -0.25) is 9.80 Å². The number of likely N-dealkylation sites (N-methyl/N-ethyl adjacent to an activating group) is 1. The highest BCUT2D eigenvalue weighted by atomic mass is 32.1. The molecule has 3 heterocycles. The number of anilines is 1. The van der Waals surface area contributed by atoms with E-state index in [1.54, 1.807) is 11.3 Å². The molecule has 4 rings (SSSR count). The molecule has 0 aliphatic carbocycles. The maximum absolute atomic E-state index is 5.49. The van der Waals surface area contributed by atoms with E-state index in [0.717, 1.165) is 74.3 Å². The maximum Gasteiger partial charge on any atom is 0.146 e. The summed E-state index contributed by atoms with van der Waals surface area (Å²) >= 11 is 1.70. The van der Waals surface area contributed by atoms with Crippen molar-refractivity contribution in [3.63, 3.8) is 0 Å². The molecule has 1 unspecified atom stereocenters. The second kappa shape index (κ2) is 10.5. The van der Waals surface area contributed by atoms with E-state index >= 15 is 0 Å². The van der Waals surface area contributed by atoms with Gasteiger partial charge in [-0.1, -0.05) is 44.2 Å². The predicted molar refractivity (Wildman–Crippen MR) is 130 cm³/mol. The molecule has 166 valence electrons. The Bertz CT molecular complexity index is 967. The highest BCUT2D eigenvalue weighted by Crippen LogP contribution is 2.37. The van der Waals surface area contributed by atoms with Crippen LogP contribution >= 0.6 is 11.3 Å². The van der Waals surface area contributed by atoms with Gasteiger partial charge in [-0.25, -0.2) is 9.97 Å². The third-order valence-electron chi connectivity index (χ3n) is 6.03. The molecule has 0 radical (unpaired) electrons. The summed E-state index contributed by atoms with van der Waals surface area (Å²) in [6, 6.07) is 11.0. The standard InChI is InChI=1S/C24H33N5OS/c1-4-29(5-2)18(3)15-25-23-22-20(19-9-7-6-8-10-19)17-31-24(22)27-21(26-23)16-28-11-13-30-14-12-28/h6-10,17-18H,4-5,11-16H2,1-3H3,(H,25,26,27). The third kappa shape index (κ3) is 5.23. The molecule has 0 saturated carbocycles. The normalized spacial score (nSPS) is 16.1. The van der Waals surface area contributed by atoms with Gasteiger partial charge in [0.1, 0.15) is 16.5 Å². The molecule has 31 heavy (non-hydrogen) atoms. The van der Waals surface area contributed by atoms with Crippen molar-refractivity contribution in [2.24, 2.45) is 0 Å². The lowest BCUT2D eigenvalue weighted by atomic mass is 10.1. The lowest BCUT2D eigenvalue weighted by Gasteiger charge is -2.27. The van der Waals surface area contributed by atoms with Crippen molar-refractivity contribution < 1.29 is 4.74 Å². The number of benzene rings is 1. The van der Waals surface area contributed by atoms with Crippen molar-refractivity contribution in [1.82, 2.24) is 19.8 Å². The zero-order chi connectivity index (χ0) is 21.6. The first-order chi connectivity index (χ1) is 15.2. The zero-order valence-electron chi connectivity index (χ0n) is 18.8. The van der Waals surface area contributed by atoms with Crippen LogP contribution in [-0.4, -0.2) is 71.7 Å². The molecule has 0 bridgehead atoms. The Morgan fingerprint density at radius 2 is 1.87 bits per heavy atom. The molecule has 6 nitrogen and oxygen atoms in total. The molecule has 1 atom stereocenters. The smallest absolute Gasteiger partial charge is 0.146 e. The van der Waals surface area contributed by atoms with Crippen LogP contribution in [0.5, 0.6) is 0 Å². The monoisotopic (exact) mass is 439 g/mol. The summed E-state index contributed by atoms with van der Waals surface area (Å²) in [5.74, 6) is 1.83. The molecular formula is C24H33N5OS. The summed E-state index contributed by atoms with van der Waals surface area (Å²) in [7, 11) is 0. The molecule has 7 heteroatoms. The number of fused-ring (bicyclic) bond motifs is 1. The maximum atomic E-state index is 5.49. The molecule has 1 aliphatic heterocycles. The lowest BCUT2D eigenvalue weighted by molar-refractivity contribution is 0.0331. The molecule has 1 fully saturated rings. The number of hydrogen-bond donors (Lipinski definition) is 1. The van der Waals surface area contributed by atoms with Crippen LogP contribution in [0.4, 0.5) is 5.82 Å². The van der Waals surface area contributed by atoms with Crippen LogP contribution in [0.1, 0.15) is 26.6 Å². The van der Waals surface area contributed by atoms with Crippen LogP contribution in [0.2, 0.25) is 0 Å². The van der Waals surface area contributed by atoms with Gasteiger partial charge in [0, 0.05) is 36.6 Å². The molecule has 0 amide bonds. The number of morpholine rings is 1. The van der Waals surface area contributed by atoms with Gasteiger partial charge in [0.05, 0.1) is 25.1 Å². The fourth-order valence-electron chi connectivity index (χ4n) is 4.19. The molecule has 1 aromatic carbocycles. The highest BCUT2D eigenvalue weighted by molar-refractivity contribution is 7.17. The minimum Gasteiger partial charge on any atom is -0.379 e. The summed E-state index contributed by atoms with van der Waals surface area (Å²) in [4.78, 5) is 15.9. The Labute approximate surface area is 189 Å². The first-order valence-electron chi connectivity index (χ1n) is 11.3. The molecule has 1 saturated heterocycles. The van der Waals surface area contributed by atoms with E-state index in [1.165, 1.54) is 11.1 Å². The predicted octanol–water partition coefficient (Wildman–Crippen LogP) is 4.33. The summed E-state index contributed by atoms with van der Waals surface area (Å²) in [6.45, 7) is 13.9. The summed E-state index contributed by atoms with van der Waals surface area (Å²) in [5, 5.41) is 7.03. The van der Waals surface area contributed by atoms with Crippen molar-refractivity contribution in [2.75, 3.05) is 51.3 Å². The minimum absolute atomic E-state index is 0.432. The first kappa shape index (κ1) is 22.1. The van der Waals surface area contributed by atoms with E-state index in [9.17, 15) is 0 Å². The van der Waals surface area contributed by atoms with Crippen LogP contribution in [-0.2, 0) is 11.3 Å². The van der Waals surface area contributed by atoms with Crippen LogP contribution in [0.3, 0.4) is 0 Å². The van der Waals surface area contributed by atoms with E-state index in [4.69, 9.17) is 14.7 Å². The third-order valence-corrected chi connectivity index (χ3v) is 6.91. The number of nitrogens with zero attached hydrogens (tertiary/aromatic N) is 4. The first-order valence-corrected chi connectivity index (χ1v) is 12.2. The van der Waals surface area contributed by atoms with Gasteiger partial charge in [-0.05, 0) is 25.6 Å². The lowest BCUT2D eigenvalue weighted by Crippen LogP contribution is -2.38. The Hall–Kier alpha value is -2.06. The Kier molecular flexibility index (Phi) is 7.50. The fraction of sp³-hybridized carbons (Fsp3) is 0.500. The van der Waals surface area contributed by atoms with Crippen molar-refractivity contribution in [3.8, 4) is 11.1 Å². The van der Waals surface area contributed by atoms with E-state index in [1.807, 2.05) is 0 Å². The second-order valence-corrected chi connectivity index (χ2v) is 8.88. The van der Waals surface area contributed by atoms with Gasteiger partial charge in [-0.2, -0.15) is 0 Å². The largest absolute Gasteiger partial charge is 0.379 e. The van der Waals surface area contributed by atoms with Gasteiger partial charge < -0.3 is 10.1 Å². The van der Waals surface area contributed by atoms with Crippen molar-refractivity contribution in [2.45, 2.75) is 33.4 Å². The van der Waals surface area contributed by atoms with Crippen LogP contribution < -0.4 is 5.32 Å². The summed E-state index contributed by atoms with van der Waals surface area (Å²) in [5.41, 5.74) is 2.41. The van der Waals surface area contributed by atoms with Crippen molar-refractivity contribution in [1.29, 1.82) is 0 Å². The Morgan fingerprint density at radius 1 is 1.13 bits per heavy atom. The van der Waals surface area contributed by atoms with Crippen LogP contribution in [0.25, 0.3) is 21.3 Å². The molecule has 3 aromatic rings. The summed E-state index contributed by atoms with van der Waals surface area (Å²) in [6.07, 6.45) is 0.